The second-order valence-corrected chi connectivity index (χ2v) is 7.85. The van der Waals surface area contributed by atoms with E-state index >= 15 is 0 Å². The molecule has 0 spiro atoms. The number of hydrogen-bond donors (Lipinski definition) is 0. The molecule has 6 nitrogen and oxygen atoms in total. The number of allylic oxidation sites excluding steroid dienone is 1. The number of nitrogens with zero attached hydrogens (tertiary/aromatic N) is 1. The highest BCUT2D eigenvalue weighted by Gasteiger charge is 2.10. The number of hydrogen-bond acceptors (Lipinski definition) is 6. The van der Waals surface area contributed by atoms with Crippen molar-refractivity contribution in [2.45, 2.75) is 13.8 Å². The van der Waals surface area contributed by atoms with E-state index in [4.69, 9.17) is 30.5 Å². The van der Waals surface area contributed by atoms with E-state index in [-0.39, 0.29) is 5.75 Å². The molecule has 0 atom stereocenters. The first kappa shape index (κ1) is 26.4. The topological polar surface area (TPSA) is 77.8 Å². The predicted molar refractivity (Wildman–Crippen MR) is 141 cm³/mol. The van der Waals surface area contributed by atoms with Gasteiger partial charge in [0.2, 0.25) is 0 Å². The highest BCUT2D eigenvalue weighted by molar-refractivity contribution is 6.30. The normalized spacial score (nSPS) is 11.1. The highest BCUT2D eigenvalue weighted by atomic mass is 35.5. The standard InChI is InChI=1S/C29H26ClNO5/c1-4-34-25-13-6-20(17-28(25)35-5-2)8-15-29(32)36-26-14-7-21(18-27(26)33-3)16-23(19-31)22-9-11-24(30)12-10-22/h6-18H,4-5H2,1-3H3/b15-8+,23-16+. The maximum absolute atomic E-state index is 12.5. The fourth-order valence-electron chi connectivity index (χ4n) is 3.31. The number of ether oxygens (including phenoxy) is 4. The fourth-order valence-corrected chi connectivity index (χ4v) is 3.44. The van der Waals surface area contributed by atoms with Crippen LogP contribution in [0.15, 0.2) is 66.7 Å². The SMILES string of the molecule is CCOc1ccc(/C=C/C(=O)Oc2ccc(/C=C(\C#N)c3ccc(Cl)cc3)cc2OC)cc1OCC. The Kier molecular flexibility index (Phi) is 9.56. The van der Waals surface area contributed by atoms with Crippen molar-refractivity contribution in [1.82, 2.24) is 0 Å². The van der Waals surface area contributed by atoms with Crippen LogP contribution in [0.1, 0.15) is 30.5 Å². The Labute approximate surface area is 215 Å². The molecule has 0 saturated carbocycles. The van der Waals surface area contributed by atoms with Crippen molar-refractivity contribution >= 4 is 35.3 Å². The Morgan fingerprint density at radius 2 is 1.53 bits per heavy atom. The summed E-state index contributed by atoms with van der Waals surface area (Å²) in [6, 6.07) is 19.7. The summed E-state index contributed by atoms with van der Waals surface area (Å²) in [5.74, 6) is 1.31. The summed E-state index contributed by atoms with van der Waals surface area (Å²) in [7, 11) is 1.48. The third kappa shape index (κ3) is 7.14. The Bertz CT molecular complexity index is 1310. The van der Waals surface area contributed by atoms with Gasteiger partial charge in [0.05, 0.1) is 32.0 Å². The number of methoxy groups -OCH3 is 1. The summed E-state index contributed by atoms with van der Waals surface area (Å²) in [6.45, 7) is 4.81. The maximum atomic E-state index is 12.5. The molecule has 0 aliphatic carbocycles. The zero-order chi connectivity index (χ0) is 25.9. The van der Waals surface area contributed by atoms with Gasteiger partial charge < -0.3 is 18.9 Å². The van der Waals surface area contributed by atoms with E-state index in [0.717, 1.165) is 11.1 Å². The average Bonchev–Trinajstić information content (AvgIpc) is 2.89. The molecule has 0 aliphatic rings. The second kappa shape index (κ2) is 13.0. The van der Waals surface area contributed by atoms with Crippen LogP contribution in [0.2, 0.25) is 5.02 Å². The Balaban J connectivity index is 1.75. The number of carbonyl (C=O) groups excluding carboxylic acids is 1. The van der Waals surface area contributed by atoms with Gasteiger partial charge in [0.15, 0.2) is 23.0 Å². The van der Waals surface area contributed by atoms with Crippen LogP contribution < -0.4 is 18.9 Å². The van der Waals surface area contributed by atoms with Crippen molar-refractivity contribution in [2.24, 2.45) is 0 Å². The van der Waals surface area contributed by atoms with Crippen LogP contribution in [0.3, 0.4) is 0 Å². The molecule has 3 rings (SSSR count). The van der Waals surface area contributed by atoms with Crippen molar-refractivity contribution in [3.63, 3.8) is 0 Å². The molecular weight excluding hydrogens is 478 g/mol. The lowest BCUT2D eigenvalue weighted by molar-refractivity contribution is -0.129. The molecule has 7 heteroatoms. The van der Waals surface area contributed by atoms with Crippen LogP contribution in [0.4, 0.5) is 0 Å². The number of esters is 1. The molecule has 0 bridgehead atoms. The van der Waals surface area contributed by atoms with Gasteiger partial charge in [-0.15, -0.1) is 0 Å². The van der Waals surface area contributed by atoms with E-state index in [2.05, 4.69) is 6.07 Å². The number of nitriles is 1. The molecule has 0 amide bonds. The molecular formula is C29H26ClNO5. The van der Waals surface area contributed by atoms with Gasteiger partial charge in [0.25, 0.3) is 0 Å². The molecule has 3 aromatic carbocycles. The van der Waals surface area contributed by atoms with Crippen LogP contribution >= 0.6 is 11.6 Å². The summed E-state index contributed by atoms with van der Waals surface area (Å²) in [5, 5.41) is 10.2. The van der Waals surface area contributed by atoms with E-state index in [9.17, 15) is 10.1 Å². The van der Waals surface area contributed by atoms with Gasteiger partial charge in [-0.25, -0.2) is 4.79 Å². The predicted octanol–water partition coefficient (Wildman–Crippen LogP) is 6.83. The van der Waals surface area contributed by atoms with Crippen LogP contribution in [-0.2, 0) is 4.79 Å². The number of carbonyl (C=O) groups is 1. The van der Waals surface area contributed by atoms with Crippen molar-refractivity contribution in [2.75, 3.05) is 20.3 Å². The van der Waals surface area contributed by atoms with Crippen molar-refractivity contribution in [1.29, 1.82) is 5.26 Å². The minimum atomic E-state index is -0.567. The van der Waals surface area contributed by atoms with E-state index in [0.29, 0.717) is 46.6 Å². The van der Waals surface area contributed by atoms with Crippen LogP contribution in [0.25, 0.3) is 17.7 Å². The summed E-state index contributed by atoms with van der Waals surface area (Å²) >= 11 is 5.94. The molecule has 36 heavy (non-hydrogen) atoms. The Morgan fingerprint density at radius 3 is 2.19 bits per heavy atom. The van der Waals surface area contributed by atoms with E-state index < -0.39 is 5.97 Å². The first-order chi connectivity index (χ1) is 17.5. The number of rotatable bonds is 10. The summed E-state index contributed by atoms with van der Waals surface area (Å²) in [5.41, 5.74) is 2.68. The molecule has 184 valence electrons. The smallest absolute Gasteiger partial charge is 0.336 e. The van der Waals surface area contributed by atoms with Gasteiger partial charge in [-0.1, -0.05) is 35.9 Å². The quantitative estimate of drug-likeness (QED) is 0.0991. The molecule has 0 radical (unpaired) electrons. The van der Waals surface area contributed by atoms with Crippen molar-refractivity contribution < 1.29 is 23.7 Å². The fraction of sp³-hybridized carbons (Fsp3) is 0.172. The van der Waals surface area contributed by atoms with E-state index in [1.54, 1.807) is 66.7 Å². The molecule has 0 heterocycles. The first-order valence-corrected chi connectivity index (χ1v) is 11.7. The second-order valence-electron chi connectivity index (χ2n) is 7.41. The lowest BCUT2D eigenvalue weighted by Gasteiger charge is -2.11. The zero-order valence-electron chi connectivity index (χ0n) is 20.3. The minimum Gasteiger partial charge on any atom is -0.493 e. The van der Waals surface area contributed by atoms with Gasteiger partial charge >= 0.3 is 5.97 Å². The monoisotopic (exact) mass is 503 g/mol. The van der Waals surface area contributed by atoms with E-state index in [1.165, 1.54) is 13.2 Å². The molecule has 0 aliphatic heterocycles. The Hall–Kier alpha value is -4.21. The van der Waals surface area contributed by atoms with Crippen LogP contribution in [0, 0.1) is 11.3 Å². The van der Waals surface area contributed by atoms with Gasteiger partial charge in [-0.05, 0) is 79.1 Å². The van der Waals surface area contributed by atoms with Gasteiger partial charge in [0, 0.05) is 11.1 Å². The van der Waals surface area contributed by atoms with Gasteiger partial charge in [-0.2, -0.15) is 5.26 Å². The Morgan fingerprint density at radius 1 is 0.889 bits per heavy atom. The third-order valence-corrected chi connectivity index (χ3v) is 5.22. The largest absolute Gasteiger partial charge is 0.493 e. The highest BCUT2D eigenvalue weighted by Crippen LogP contribution is 2.31. The number of benzene rings is 3. The van der Waals surface area contributed by atoms with Crippen LogP contribution in [0.5, 0.6) is 23.0 Å². The molecule has 0 unspecified atom stereocenters. The number of halogens is 1. The summed E-state index contributed by atoms with van der Waals surface area (Å²) < 4.78 is 22.1. The van der Waals surface area contributed by atoms with E-state index in [1.807, 2.05) is 19.9 Å². The zero-order valence-corrected chi connectivity index (χ0v) is 21.0. The van der Waals surface area contributed by atoms with Gasteiger partial charge in [0.1, 0.15) is 0 Å². The minimum absolute atomic E-state index is 0.260. The lowest BCUT2D eigenvalue weighted by atomic mass is 10.0. The van der Waals surface area contributed by atoms with Crippen molar-refractivity contribution in [3.8, 4) is 29.1 Å². The summed E-state index contributed by atoms with van der Waals surface area (Å²) in [6.07, 6.45) is 4.68. The van der Waals surface area contributed by atoms with Gasteiger partial charge in [-0.3, -0.25) is 0 Å². The molecule has 0 saturated heterocycles. The van der Waals surface area contributed by atoms with Crippen LogP contribution in [-0.4, -0.2) is 26.3 Å². The lowest BCUT2D eigenvalue weighted by Crippen LogP contribution is -2.05. The molecule has 0 fully saturated rings. The maximum Gasteiger partial charge on any atom is 0.336 e. The summed E-state index contributed by atoms with van der Waals surface area (Å²) in [4.78, 5) is 12.5. The van der Waals surface area contributed by atoms with Crippen molar-refractivity contribution in [3.05, 3.63) is 88.5 Å². The average molecular weight is 504 g/mol. The third-order valence-electron chi connectivity index (χ3n) is 4.96. The first-order valence-electron chi connectivity index (χ1n) is 11.3. The molecule has 3 aromatic rings. The molecule has 0 N–H and O–H groups in total. The molecule has 0 aromatic heterocycles.